The van der Waals surface area contributed by atoms with Crippen LogP contribution < -0.4 is 5.73 Å². The minimum atomic E-state index is 0.781. The molecule has 1 nitrogen and oxygen atoms in total. The third kappa shape index (κ3) is 3.48. The maximum absolute atomic E-state index is 6.89. The molecule has 1 heteroatoms. The first-order valence-corrected chi connectivity index (χ1v) is 12.7. The third-order valence-corrected chi connectivity index (χ3v) is 7.44. The first-order chi connectivity index (χ1) is 18.3. The Hall–Kier alpha value is -4.88. The summed E-state index contributed by atoms with van der Waals surface area (Å²) in [6.45, 7) is 0. The highest BCUT2D eigenvalue weighted by molar-refractivity contribution is 6.13. The summed E-state index contributed by atoms with van der Waals surface area (Å²) in [4.78, 5) is 0. The van der Waals surface area contributed by atoms with Crippen molar-refractivity contribution in [2.24, 2.45) is 0 Å². The van der Waals surface area contributed by atoms with E-state index in [0.717, 1.165) is 16.8 Å². The first-order valence-electron chi connectivity index (χ1n) is 12.7. The van der Waals surface area contributed by atoms with Crippen molar-refractivity contribution in [3.8, 4) is 33.4 Å². The molecule has 0 amide bonds. The average Bonchev–Trinajstić information content (AvgIpc) is 2.96. The molecule has 0 aliphatic heterocycles. The fraction of sp³-hybridized carbons (Fsp3) is 0. The van der Waals surface area contributed by atoms with E-state index in [1.165, 1.54) is 54.6 Å². The van der Waals surface area contributed by atoms with Crippen molar-refractivity contribution in [2.45, 2.75) is 0 Å². The van der Waals surface area contributed by atoms with Crippen LogP contribution in [0.25, 0.3) is 65.7 Å². The van der Waals surface area contributed by atoms with Gasteiger partial charge >= 0.3 is 0 Å². The molecule has 0 aromatic heterocycles. The molecule has 0 aliphatic carbocycles. The largest absolute Gasteiger partial charge is 0.398 e. The minimum Gasteiger partial charge on any atom is -0.398 e. The highest BCUT2D eigenvalue weighted by atomic mass is 14.6. The van der Waals surface area contributed by atoms with Gasteiger partial charge in [0.2, 0.25) is 0 Å². The lowest BCUT2D eigenvalue weighted by molar-refractivity contribution is 1.59. The van der Waals surface area contributed by atoms with Crippen LogP contribution in [0.4, 0.5) is 5.69 Å². The molecular weight excluding hydrogens is 446 g/mol. The van der Waals surface area contributed by atoms with Gasteiger partial charge in [-0.1, -0.05) is 133 Å². The number of rotatable bonds is 3. The average molecular weight is 472 g/mol. The lowest BCUT2D eigenvalue weighted by Gasteiger charge is -2.21. The standard InChI is InChI=1S/C36H25N/c37-34-23-22-33(30-19-7-13-24-10-1-4-16-27(24)30)35(31-20-8-14-25-11-2-5-17-28(25)31)36(34)32-21-9-15-26-12-3-6-18-29(26)32/h1-23H,37H2. The Bertz CT molecular complexity index is 1930. The second-order valence-electron chi connectivity index (χ2n) is 9.53. The summed E-state index contributed by atoms with van der Waals surface area (Å²) in [5.74, 6) is 0. The molecule has 2 N–H and O–H groups in total. The topological polar surface area (TPSA) is 26.0 Å². The van der Waals surface area contributed by atoms with Crippen LogP contribution in [0.1, 0.15) is 0 Å². The summed E-state index contributed by atoms with van der Waals surface area (Å²) in [5, 5.41) is 7.31. The van der Waals surface area contributed by atoms with Gasteiger partial charge in [0.25, 0.3) is 0 Å². The molecule has 0 bridgehead atoms. The predicted molar refractivity (Wildman–Crippen MR) is 160 cm³/mol. The summed E-state index contributed by atoms with van der Waals surface area (Å²) in [6, 6.07) is 49.7. The van der Waals surface area contributed by atoms with E-state index >= 15 is 0 Å². The number of hydrogen-bond acceptors (Lipinski definition) is 1. The normalized spacial score (nSPS) is 11.4. The van der Waals surface area contributed by atoms with Crippen LogP contribution in [0, 0.1) is 0 Å². The van der Waals surface area contributed by atoms with Crippen molar-refractivity contribution in [3.63, 3.8) is 0 Å². The van der Waals surface area contributed by atoms with Gasteiger partial charge in [0, 0.05) is 16.8 Å². The lowest BCUT2D eigenvalue weighted by atomic mass is 9.82. The van der Waals surface area contributed by atoms with Gasteiger partial charge < -0.3 is 5.73 Å². The lowest BCUT2D eigenvalue weighted by Crippen LogP contribution is -1.98. The molecule has 0 radical (unpaired) electrons. The fourth-order valence-corrected chi connectivity index (χ4v) is 5.76. The molecule has 0 saturated carbocycles. The number of anilines is 1. The minimum absolute atomic E-state index is 0.781. The van der Waals surface area contributed by atoms with Gasteiger partial charge in [-0.3, -0.25) is 0 Å². The molecule has 7 aromatic carbocycles. The second-order valence-corrected chi connectivity index (χ2v) is 9.53. The number of hydrogen-bond donors (Lipinski definition) is 1. The maximum atomic E-state index is 6.89. The third-order valence-electron chi connectivity index (χ3n) is 7.44. The Kier molecular flexibility index (Phi) is 5.01. The monoisotopic (exact) mass is 471 g/mol. The van der Waals surface area contributed by atoms with E-state index in [-0.39, 0.29) is 0 Å². The number of nitrogen functional groups attached to an aromatic ring is 1. The smallest absolute Gasteiger partial charge is 0.0400 e. The van der Waals surface area contributed by atoms with Crippen LogP contribution in [0.15, 0.2) is 140 Å². The Balaban J connectivity index is 1.67. The molecule has 0 atom stereocenters. The van der Waals surface area contributed by atoms with E-state index in [1.54, 1.807) is 0 Å². The predicted octanol–water partition coefficient (Wildman–Crippen LogP) is 9.73. The van der Waals surface area contributed by atoms with Crippen LogP contribution in [0.3, 0.4) is 0 Å². The molecule has 174 valence electrons. The van der Waals surface area contributed by atoms with Crippen molar-refractivity contribution in [2.75, 3.05) is 5.73 Å². The molecule has 37 heavy (non-hydrogen) atoms. The highest BCUT2D eigenvalue weighted by Gasteiger charge is 2.21. The number of benzene rings is 7. The SMILES string of the molecule is Nc1ccc(-c2cccc3ccccc23)c(-c2cccc3ccccc23)c1-c1cccc2ccccc12. The summed E-state index contributed by atoms with van der Waals surface area (Å²) >= 11 is 0. The van der Waals surface area contributed by atoms with Gasteiger partial charge in [0.1, 0.15) is 0 Å². The van der Waals surface area contributed by atoms with Crippen LogP contribution >= 0.6 is 0 Å². The molecule has 7 aromatic rings. The van der Waals surface area contributed by atoms with Gasteiger partial charge in [-0.2, -0.15) is 0 Å². The maximum Gasteiger partial charge on any atom is 0.0400 e. The summed E-state index contributed by atoms with van der Waals surface area (Å²) < 4.78 is 0. The van der Waals surface area contributed by atoms with Gasteiger partial charge in [-0.25, -0.2) is 0 Å². The highest BCUT2D eigenvalue weighted by Crippen LogP contribution is 2.48. The summed E-state index contributed by atoms with van der Waals surface area (Å²) in [7, 11) is 0. The van der Waals surface area contributed by atoms with Gasteiger partial charge in [0.15, 0.2) is 0 Å². The molecule has 0 aliphatic rings. The van der Waals surface area contributed by atoms with Gasteiger partial charge in [0.05, 0.1) is 0 Å². The molecule has 0 saturated heterocycles. The van der Waals surface area contributed by atoms with E-state index in [4.69, 9.17) is 5.73 Å². The van der Waals surface area contributed by atoms with Crippen LogP contribution in [-0.2, 0) is 0 Å². The van der Waals surface area contributed by atoms with E-state index in [0.29, 0.717) is 0 Å². The molecule has 0 unspecified atom stereocenters. The Morgan fingerprint density at radius 3 is 1.24 bits per heavy atom. The summed E-state index contributed by atoms with van der Waals surface area (Å²) in [5.41, 5.74) is 14.7. The molecular formula is C36H25N. The summed E-state index contributed by atoms with van der Waals surface area (Å²) in [6.07, 6.45) is 0. The van der Waals surface area contributed by atoms with E-state index in [9.17, 15) is 0 Å². The second kappa shape index (κ2) is 8.65. The van der Waals surface area contributed by atoms with Crippen molar-refractivity contribution in [1.29, 1.82) is 0 Å². The Morgan fingerprint density at radius 1 is 0.297 bits per heavy atom. The zero-order chi connectivity index (χ0) is 24.8. The van der Waals surface area contributed by atoms with Gasteiger partial charge in [-0.15, -0.1) is 0 Å². The molecule has 0 spiro atoms. The van der Waals surface area contributed by atoms with Gasteiger partial charge in [-0.05, 0) is 60.6 Å². The Labute approximate surface area is 216 Å². The molecule has 7 rings (SSSR count). The van der Waals surface area contributed by atoms with Crippen molar-refractivity contribution in [1.82, 2.24) is 0 Å². The fourth-order valence-electron chi connectivity index (χ4n) is 5.76. The quantitative estimate of drug-likeness (QED) is 0.255. The van der Waals surface area contributed by atoms with Crippen molar-refractivity contribution in [3.05, 3.63) is 140 Å². The van der Waals surface area contributed by atoms with Crippen LogP contribution in [0.2, 0.25) is 0 Å². The Morgan fingerprint density at radius 2 is 0.703 bits per heavy atom. The molecule has 0 heterocycles. The first kappa shape index (κ1) is 21.4. The van der Waals surface area contributed by atoms with Crippen LogP contribution in [-0.4, -0.2) is 0 Å². The zero-order valence-corrected chi connectivity index (χ0v) is 20.4. The number of nitrogens with two attached hydrogens (primary N) is 1. The van der Waals surface area contributed by atoms with Crippen molar-refractivity contribution >= 4 is 38.0 Å². The van der Waals surface area contributed by atoms with E-state index < -0.39 is 0 Å². The van der Waals surface area contributed by atoms with Crippen molar-refractivity contribution < 1.29 is 0 Å². The number of fused-ring (bicyclic) bond motifs is 3. The van der Waals surface area contributed by atoms with Crippen LogP contribution in [0.5, 0.6) is 0 Å². The molecule has 0 fully saturated rings. The van der Waals surface area contributed by atoms with E-state index in [2.05, 4.69) is 140 Å². The zero-order valence-electron chi connectivity index (χ0n) is 20.4. The van der Waals surface area contributed by atoms with E-state index in [1.807, 2.05) is 0 Å².